The van der Waals surface area contributed by atoms with Gasteiger partial charge in [-0.05, 0) is 30.3 Å². The summed E-state index contributed by atoms with van der Waals surface area (Å²) in [4.78, 5) is 17.7. The Hall–Kier alpha value is -2.41. The molecule has 0 fully saturated rings. The van der Waals surface area contributed by atoms with Crippen molar-refractivity contribution in [2.75, 3.05) is 13.7 Å². The number of halogens is 1. The van der Waals surface area contributed by atoms with Crippen LogP contribution in [-0.4, -0.2) is 24.5 Å². The molecule has 0 saturated heterocycles. The standard InChI is InChI=1S/C21H17ClN2O2S2/c1-26-15-8-6-13(7-9-15)21-24-14(12-27-21)10-11-23-20(25)19-18(22)16-4-2-3-5-17(16)28-19/h2-9,12H,10-11H2,1H3,(H,23,25). The van der Waals surface area contributed by atoms with Gasteiger partial charge in [0.25, 0.3) is 5.91 Å². The molecule has 0 spiro atoms. The minimum absolute atomic E-state index is 0.142. The van der Waals surface area contributed by atoms with E-state index in [1.807, 2.05) is 53.9 Å². The highest BCUT2D eigenvalue weighted by atomic mass is 35.5. The van der Waals surface area contributed by atoms with Crippen LogP contribution < -0.4 is 10.1 Å². The first-order valence-electron chi connectivity index (χ1n) is 8.70. The Kier molecular flexibility index (Phi) is 5.62. The molecule has 4 aromatic rings. The predicted molar refractivity (Wildman–Crippen MR) is 117 cm³/mol. The van der Waals surface area contributed by atoms with Crippen LogP contribution in [0, 0.1) is 0 Å². The summed E-state index contributed by atoms with van der Waals surface area (Å²) in [5.74, 6) is 0.681. The van der Waals surface area contributed by atoms with E-state index in [9.17, 15) is 4.79 Å². The SMILES string of the molecule is COc1ccc(-c2nc(CCNC(=O)c3sc4ccccc4c3Cl)cs2)cc1. The third kappa shape index (κ3) is 3.90. The average Bonchev–Trinajstić information content (AvgIpc) is 3.33. The zero-order valence-corrected chi connectivity index (χ0v) is 17.5. The van der Waals surface area contributed by atoms with Gasteiger partial charge in [-0.1, -0.05) is 29.8 Å². The van der Waals surface area contributed by atoms with Crippen LogP contribution in [0.25, 0.3) is 20.7 Å². The lowest BCUT2D eigenvalue weighted by Crippen LogP contribution is -2.25. The Bertz CT molecular complexity index is 1120. The monoisotopic (exact) mass is 428 g/mol. The van der Waals surface area contributed by atoms with Gasteiger partial charge in [-0.15, -0.1) is 22.7 Å². The summed E-state index contributed by atoms with van der Waals surface area (Å²) < 4.78 is 6.20. The third-order valence-electron chi connectivity index (χ3n) is 4.30. The van der Waals surface area contributed by atoms with Gasteiger partial charge in [-0.2, -0.15) is 0 Å². The fourth-order valence-electron chi connectivity index (χ4n) is 2.83. The van der Waals surface area contributed by atoms with Gasteiger partial charge >= 0.3 is 0 Å². The predicted octanol–water partition coefficient (Wildman–Crippen LogP) is 5.66. The molecule has 0 aliphatic rings. The molecule has 0 unspecified atom stereocenters. The van der Waals surface area contributed by atoms with Gasteiger partial charge in [-0.3, -0.25) is 4.79 Å². The molecule has 0 saturated carbocycles. The maximum Gasteiger partial charge on any atom is 0.262 e. The summed E-state index contributed by atoms with van der Waals surface area (Å²) in [5.41, 5.74) is 2.01. The lowest BCUT2D eigenvalue weighted by molar-refractivity contribution is 0.0958. The Balaban J connectivity index is 1.37. The van der Waals surface area contributed by atoms with Crippen molar-refractivity contribution in [3.8, 4) is 16.3 Å². The number of nitrogens with one attached hydrogen (secondary N) is 1. The van der Waals surface area contributed by atoms with Gasteiger partial charge in [0, 0.05) is 34.0 Å². The van der Waals surface area contributed by atoms with Crippen molar-refractivity contribution in [2.24, 2.45) is 0 Å². The second-order valence-electron chi connectivity index (χ2n) is 6.12. The Morgan fingerprint density at radius 3 is 2.71 bits per heavy atom. The summed E-state index contributed by atoms with van der Waals surface area (Å²) >= 11 is 9.38. The zero-order chi connectivity index (χ0) is 19.5. The summed E-state index contributed by atoms with van der Waals surface area (Å²) in [5, 5.41) is 7.37. The second-order valence-corrected chi connectivity index (χ2v) is 8.41. The number of benzene rings is 2. The number of fused-ring (bicyclic) bond motifs is 1. The van der Waals surface area contributed by atoms with E-state index >= 15 is 0 Å². The molecule has 0 aliphatic heterocycles. The molecule has 1 amide bonds. The van der Waals surface area contributed by atoms with Crippen LogP contribution in [0.1, 0.15) is 15.4 Å². The van der Waals surface area contributed by atoms with Crippen LogP contribution in [-0.2, 0) is 6.42 Å². The third-order valence-corrected chi connectivity index (χ3v) is 6.91. The topological polar surface area (TPSA) is 51.2 Å². The molecular formula is C21H17ClN2O2S2. The lowest BCUT2D eigenvalue weighted by Gasteiger charge is -2.03. The maximum atomic E-state index is 12.5. The summed E-state index contributed by atoms with van der Waals surface area (Å²) in [6.45, 7) is 0.509. The van der Waals surface area contributed by atoms with Crippen molar-refractivity contribution in [1.82, 2.24) is 10.3 Å². The number of hydrogen-bond donors (Lipinski definition) is 1. The first-order valence-corrected chi connectivity index (χ1v) is 10.8. The number of methoxy groups -OCH3 is 1. The van der Waals surface area contributed by atoms with E-state index in [0.29, 0.717) is 22.9 Å². The summed E-state index contributed by atoms with van der Waals surface area (Å²) in [6, 6.07) is 15.6. The first kappa shape index (κ1) is 18.9. The van der Waals surface area contributed by atoms with Crippen molar-refractivity contribution in [3.05, 3.63) is 69.5 Å². The zero-order valence-electron chi connectivity index (χ0n) is 15.1. The number of amides is 1. The van der Waals surface area contributed by atoms with E-state index in [2.05, 4.69) is 10.3 Å². The Morgan fingerprint density at radius 1 is 1.18 bits per heavy atom. The normalized spacial score (nSPS) is 10.9. The number of nitrogens with zero attached hydrogens (tertiary/aromatic N) is 1. The average molecular weight is 429 g/mol. The number of aromatic nitrogens is 1. The fourth-order valence-corrected chi connectivity index (χ4v) is 5.13. The highest BCUT2D eigenvalue weighted by Crippen LogP contribution is 2.35. The highest BCUT2D eigenvalue weighted by Gasteiger charge is 2.16. The molecule has 7 heteroatoms. The van der Waals surface area contributed by atoms with Gasteiger partial charge in [0.05, 0.1) is 17.8 Å². The van der Waals surface area contributed by atoms with E-state index in [-0.39, 0.29) is 5.91 Å². The molecule has 142 valence electrons. The van der Waals surface area contributed by atoms with Crippen LogP contribution in [0.15, 0.2) is 53.9 Å². The van der Waals surface area contributed by atoms with Crippen LogP contribution in [0.5, 0.6) is 5.75 Å². The fraction of sp³-hybridized carbons (Fsp3) is 0.143. The van der Waals surface area contributed by atoms with Crippen LogP contribution in [0.2, 0.25) is 5.02 Å². The molecule has 0 atom stereocenters. The molecule has 2 aromatic carbocycles. The van der Waals surface area contributed by atoms with Crippen LogP contribution in [0.3, 0.4) is 0 Å². The number of rotatable bonds is 6. The number of carbonyl (C=O) groups excluding carboxylic acids is 1. The van der Waals surface area contributed by atoms with Gasteiger partial charge in [-0.25, -0.2) is 4.98 Å². The Labute approximate surface area is 175 Å². The van der Waals surface area contributed by atoms with Crippen molar-refractivity contribution >= 4 is 50.3 Å². The van der Waals surface area contributed by atoms with Crippen LogP contribution >= 0.6 is 34.3 Å². The second kappa shape index (κ2) is 8.31. The van der Waals surface area contributed by atoms with Crippen molar-refractivity contribution in [1.29, 1.82) is 0 Å². The molecule has 1 N–H and O–H groups in total. The highest BCUT2D eigenvalue weighted by molar-refractivity contribution is 7.21. The van der Waals surface area contributed by atoms with E-state index in [0.717, 1.165) is 32.1 Å². The Morgan fingerprint density at radius 2 is 1.96 bits per heavy atom. The molecular weight excluding hydrogens is 412 g/mol. The molecule has 4 rings (SSSR count). The van der Waals surface area contributed by atoms with Gasteiger partial charge in [0.2, 0.25) is 0 Å². The van der Waals surface area contributed by atoms with Gasteiger partial charge in [0.15, 0.2) is 0 Å². The number of thiazole rings is 1. The summed E-state index contributed by atoms with van der Waals surface area (Å²) in [6.07, 6.45) is 0.668. The molecule has 2 aromatic heterocycles. The number of thiophene rings is 1. The largest absolute Gasteiger partial charge is 0.497 e. The van der Waals surface area contributed by atoms with E-state index in [1.54, 1.807) is 18.4 Å². The number of carbonyl (C=O) groups is 1. The van der Waals surface area contributed by atoms with Crippen molar-refractivity contribution in [3.63, 3.8) is 0 Å². The van der Waals surface area contributed by atoms with E-state index in [1.165, 1.54) is 11.3 Å². The quantitative estimate of drug-likeness (QED) is 0.431. The molecule has 4 nitrogen and oxygen atoms in total. The van der Waals surface area contributed by atoms with E-state index < -0.39 is 0 Å². The maximum absolute atomic E-state index is 12.5. The minimum Gasteiger partial charge on any atom is -0.497 e. The van der Waals surface area contributed by atoms with Gasteiger partial charge < -0.3 is 10.1 Å². The molecule has 0 radical (unpaired) electrons. The smallest absolute Gasteiger partial charge is 0.262 e. The number of ether oxygens (including phenoxy) is 1. The first-order chi connectivity index (χ1) is 13.7. The molecule has 28 heavy (non-hydrogen) atoms. The van der Waals surface area contributed by atoms with Gasteiger partial charge in [0.1, 0.15) is 15.6 Å². The van der Waals surface area contributed by atoms with E-state index in [4.69, 9.17) is 16.3 Å². The summed E-state index contributed by atoms with van der Waals surface area (Å²) in [7, 11) is 1.65. The van der Waals surface area contributed by atoms with Crippen molar-refractivity contribution in [2.45, 2.75) is 6.42 Å². The molecule has 2 heterocycles. The molecule has 0 bridgehead atoms. The van der Waals surface area contributed by atoms with Crippen molar-refractivity contribution < 1.29 is 9.53 Å². The minimum atomic E-state index is -0.142. The van der Waals surface area contributed by atoms with Crippen LogP contribution in [0.4, 0.5) is 0 Å². The lowest BCUT2D eigenvalue weighted by atomic mass is 10.2. The number of hydrogen-bond acceptors (Lipinski definition) is 5. The molecule has 0 aliphatic carbocycles.